The first-order valence-corrected chi connectivity index (χ1v) is 11.9. The van der Waals surface area contributed by atoms with Gasteiger partial charge in [0.05, 0.1) is 34.0 Å². The Bertz CT molecular complexity index is 1370. The van der Waals surface area contributed by atoms with Gasteiger partial charge in [0.15, 0.2) is 0 Å². The predicted molar refractivity (Wildman–Crippen MR) is 146 cm³/mol. The number of pyridine rings is 1. The van der Waals surface area contributed by atoms with Crippen LogP contribution in [0.5, 0.6) is 0 Å². The molecule has 0 aliphatic rings. The number of benzene rings is 3. The van der Waals surface area contributed by atoms with Crippen molar-refractivity contribution in [1.29, 1.82) is 0 Å². The lowest BCUT2D eigenvalue weighted by atomic mass is 10.0. The van der Waals surface area contributed by atoms with Gasteiger partial charge in [-0.15, -0.1) is 0 Å². The van der Waals surface area contributed by atoms with E-state index in [4.69, 9.17) is 11.6 Å². The summed E-state index contributed by atoms with van der Waals surface area (Å²) >= 11 is 6.39. The van der Waals surface area contributed by atoms with Gasteiger partial charge in [-0.3, -0.25) is 4.79 Å². The van der Waals surface area contributed by atoms with E-state index in [1.54, 1.807) is 43.4 Å². The monoisotopic (exact) mass is 503 g/mol. The molecule has 0 radical (unpaired) electrons. The molecular weight excluding hydrogens is 477 g/mol. The van der Waals surface area contributed by atoms with Crippen molar-refractivity contribution in [2.24, 2.45) is 0 Å². The van der Waals surface area contributed by atoms with E-state index < -0.39 is 5.82 Å². The Balaban J connectivity index is 1.53. The molecule has 0 aliphatic heterocycles. The maximum atomic E-state index is 15.0. The van der Waals surface area contributed by atoms with Crippen LogP contribution in [0, 0.1) is 5.82 Å². The first-order chi connectivity index (χ1) is 17.3. The zero-order valence-electron chi connectivity index (χ0n) is 20.2. The molecule has 36 heavy (non-hydrogen) atoms. The van der Waals surface area contributed by atoms with Crippen LogP contribution in [0.4, 0.5) is 33.0 Å². The number of carbonyl (C=O) groups excluding carboxylic acids is 1. The Morgan fingerprint density at radius 1 is 0.861 bits per heavy atom. The number of nitrogens with zero attached hydrogens (tertiary/aromatic N) is 1. The Morgan fingerprint density at radius 3 is 2.22 bits per heavy atom. The molecule has 4 rings (SSSR count). The molecule has 0 atom stereocenters. The van der Waals surface area contributed by atoms with Crippen LogP contribution in [-0.2, 0) is 0 Å². The van der Waals surface area contributed by atoms with E-state index in [0.717, 1.165) is 16.9 Å². The summed E-state index contributed by atoms with van der Waals surface area (Å²) in [5.41, 5.74) is 4.77. The summed E-state index contributed by atoms with van der Waals surface area (Å²) < 4.78 is 15.0. The van der Waals surface area contributed by atoms with Crippen molar-refractivity contribution in [2.75, 3.05) is 23.0 Å². The normalized spacial score (nSPS) is 10.7. The second-order valence-electron chi connectivity index (χ2n) is 8.50. The third-order valence-electron chi connectivity index (χ3n) is 5.44. The molecule has 0 unspecified atom stereocenters. The highest BCUT2D eigenvalue weighted by molar-refractivity contribution is 6.33. The van der Waals surface area contributed by atoms with E-state index in [1.807, 2.05) is 30.3 Å². The van der Waals surface area contributed by atoms with E-state index >= 15 is 0 Å². The molecule has 0 spiro atoms. The molecule has 184 valence electrons. The fourth-order valence-electron chi connectivity index (χ4n) is 3.67. The number of nitrogens with one attached hydrogen (secondary N) is 4. The van der Waals surface area contributed by atoms with Gasteiger partial charge < -0.3 is 21.3 Å². The van der Waals surface area contributed by atoms with Crippen LogP contribution in [-0.4, -0.2) is 24.0 Å². The molecule has 8 heteroatoms. The average Bonchev–Trinajstić information content (AvgIpc) is 2.87. The van der Waals surface area contributed by atoms with Crippen LogP contribution in [0.15, 0.2) is 79.0 Å². The molecule has 6 nitrogen and oxygen atoms in total. The largest absolute Gasteiger partial charge is 0.381 e. The first-order valence-electron chi connectivity index (χ1n) is 11.5. The zero-order chi connectivity index (χ0) is 25.7. The lowest BCUT2D eigenvalue weighted by molar-refractivity contribution is 0.0963. The molecular formula is C28H27ClFN5O. The third-order valence-corrected chi connectivity index (χ3v) is 5.74. The summed E-state index contributed by atoms with van der Waals surface area (Å²) in [6, 6.07) is 21.7. The molecule has 1 aromatic heterocycles. The smallest absolute Gasteiger partial charge is 0.251 e. The third kappa shape index (κ3) is 5.93. The summed E-state index contributed by atoms with van der Waals surface area (Å²) in [5, 5.41) is 12.8. The molecule has 4 aromatic rings. The Morgan fingerprint density at radius 2 is 1.56 bits per heavy atom. The molecule has 1 amide bonds. The van der Waals surface area contributed by atoms with Crippen LogP contribution >= 0.6 is 11.6 Å². The number of rotatable bonds is 8. The number of anilines is 5. The predicted octanol–water partition coefficient (Wildman–Crippen LogP) is 7.21. The van der Waals surface area contributed by atoms with Gasteiger partial charge in [-0.05, 0) is 61.4 Å². The van der Waals surface area contributed by atoms with E-state index in [0.29, 0.717) is 27.7 Å². The highest BCUT2D eigenvalue weighted by atomic mass is 35.5. The van der Waals surface area contributed by atoms with Crippen molar-refractivity contribution in [1.82, 2.24) is 10.3 Å². The molecule has 1 heterocycles. The van der Waals surface area contributed by atoms with Gasteiger partial charge in [-0.25, -0.2) is 9.37 Å². The van der Waals surface area contributed by atoms with Gasteiger partial charge in [0, 0.05) is 24.7 Å². The topological polar surface area (TPSA) is 78.1 Å². The van der Waals surface area contributed by atoms with Crippen LogP contribution in [0.3, 0.4) is 0 Å². The lowest BCUT2D eigenvalue weighted by Gasteiger charge is -2.17. The van der Waals surface area contributed by atoms with Gasteiger partial charge in [-0.2, -0.15) is 0 Å². The number of amides is 1. The molecule has 3 aromatic carbocycles. The molecule has 0 aliphatic carbocycles. The van der Waals surface area contributed by atoms with Crippen molar-refractivity contribution < 1.29 is 9.18 Å². The van der Waals surface area contributed by atoms with Crippen LogP contribution in [0.2, 0.25) is 5.02 Å². The zero-order valence-corrected chi connectivity index (χ0v) is 21.0. The fourth-order valence-corrected chi connectivity index (χ4v) is 3.82. The van der Waals surface area contributed by atoms with Crippen molar-refractivity contribution in [3.8, 4) is 11.1 Å². The standard InChI is InChI=1S/C28H27ClFN5O/c1-17(2)33-24-6-4-5-7-25(24)34-26-15-27(32-16-21(26)29)35-23-13-12-20(14-22(23)30)18-8-10-19(11-9-18)28(36)31-3/h4-17,33H,1-3H3,(H,31,36)(H2,32,34,35). The number of halogens is 2. The summed E-state index contributed by atoms with van der Waals surface area (Å²) in [4.78, 5) is 16.0. The quantitative estimate of drug-likeness (QED) is 0.204. The van der Waals surface area contributed by atoms with Crippen molar-refractivity contribution >= 4 is 46.1 Å². The number of hydrogen-bond acceptors (Lipinski definition) is 5. The van der Waals surface area contributed by atoms with Gasteiger partial charge >= 0.3 is 0 Å². The molecule has 4 N–H and O–H groups in total. The number of aromatic nitrogens is 1. The molecule has 0 bridgehead atoms. The Kier molecular flexibility index (Phi) is 7.71. The molecule has 0 saturated carbocycles. The maximum Gasteiger partial charge on any atom is 0.251 e. The van der Waals surface area contributed by atoms with E-state index in [-0.39, 0.29) is 17.6 Å². The highest BCUT2D eigenvalue weighted by Crippen LogP contribution is 2.32. The fraction of sp³-hybridized carbons (Fsp3) is 0.143. The Labute approximate surface area is 214 Å². The lowest BCUT2D eigenvalue weighted by Crippen LogP contribution is -2.17. The minimum Gasteiger partial charge on any atom is -0.381 e. The highest BCUT2D eigenvalue weighted by Gasteiger charge is 2.11. The van der Waals surface area contributed by atoms with Crippen LogP contribution in [0.25, 0.3) is 11.1 Å². The van der Waals surface area contributed by atoms with Crippen molar-refractivity contribution in [3.63, 3.8) is 0 Å². The van der Waals surface area contributed by atoms with E-state index in [1.165, 1.54) is 12.3 Å². The number of hydrogen-bond donors (Lipinski definition) is 4. The first kappa shape index (κ1) is 25.0. The van der Waals surface area contributed by atoms with Crippen molar-refractivity contribution in [2.45, 2.75) is 19.9 Å². The SMILES string of the molecule is CNC(=O)c1ccc(-c2ccc(Nc3cc(Nc4ccccc4NC(C)C)c(Cl)cn3)c(F)c2)cc1. The van der Waals surface area contributed by atoms with E-state index in [9.17, 15) is 9.18 Å². The second kappa shape index (κ2) is 11.1. The van der Waals surface area contributed by atoms with E-state index in [2.05, 4.69) is 40.1 Å². The molecule has 0 fully saturated rings. The van der Waals surface area contributed by atoms with Gasteiger partial charge in [0.25, 0.3) is 5.91 Å². The summed E-state index contributed by atoms with van der Waals surface area (Å²) in [6.45, 7) is 4.13. The van der Waals surface area contributed by atoms with Gasteiger partial charge in [0.2, 0.25) is 0 Å². The van der Waals surface area contributed by atoms with Gasteiger partial charge in [-0.1, -0.05) is 41.9 Å². The minimum absolute atomic E-state index is 0.170. The summed E-state index contributed by atoms with van der Waals surface area (Å²) in [7, 11) is 1.58. The van der Waals surface area contributed by atoms with Crippen LogP contribution < -0.4 is 21.3 Å². The Hall–Kier alpha value is -4.10. The number of para-hydroxylation sites is 2. The summed E-state index contributed by atoms with van der Waals surface area (Å²) in [6.07, 6.45) is 1.52. The average molecular weight is 504 g/mol. The molecule has 0 saturated heterocycles. The van der Waals surface area contributed by atoms with Crippen molar-refractivity contribution in [3.05, 3.63) is 95.4 Å². The van der Waals surface area contributed by atoms with Crippen LogP contribution in [0.1, 0.15) is 24.2 Å². The number of carbonyl (C=O) groups is 1. The summed E-state index contributed by atoms with van der Waals surface area (Å²) in [5.74, 6) is -0.158. The van der Waals surface area contributed by atoms with Gasteiger partial charge in [0.1, 0.15) is 11.6 Å². The minimum atomic E-state index is -0.430. The maximum absolute atomic E-state index is 15.0. The second-order valence-corrected chi connectivity index (χ2v) is 8.90.